The maximum absolute atomic E-state index is 12.8. The van der Waals surface area contributed by atoms with Crippen molar-refractivity contribution < 1.29 is 4.79 Å². The summed E-state index contributed by atoms with van der Waals surface area (Å²) in [4.78, 5) is 23.4. The van der Waals surface area contributed by atoms with Crippen molar-refractivity contribution in [3.05, 3.63) is 45.6 Å². The quantitative estimate of drug-likeness (QED) is 0.722. The molecule has 0 fully saturated rings. The SMILES string of the molecule is Cc1cc(C)c2cc(C(=O)N3CCc4nc(N)sc4C3)[nH]c2c1. The molecule has 0 spiro atoms. The predicted molar refractivity (Wildman–Crippen MR) is 92.7 cm³/mol. The second-order valence-corrected chi connectivity index (χ2v) is 7.24. The number of hydrogen-bond donors (Lipinski definition) is 2. The first-order chi connectivity index (χ1) is 11.0. The Kier molecular flexibility index (Phi) is 3.16. The second-order valence-electron chi connectivity index (χ2n) is 6.12. The number of benzene rings is 1. The van der Waals surface area contributed by atoms with Gasteiger partial charge in [0.2, 0.25) is 0 Å². The molecular weight excluding hydrogens is 308 g/mol. The number of hydrogen-bond acceptors (Lipinski definition) is 4. The summed E-state index contributed by atoms with van der Waals surface area (Å²) in [6, 6.07) is 6.18. The number of aryl methyl sites for hydroxylation is 2. The van der Waals surface area contributed by atoms with Gasteiger partial charge in [0.1, 0.15) is 5.69 Å². The van der Waals surface area contributed by atoms with Gasteiger partial charge in [0.25, 0.3) is 5.91 Å². The van der Waals surface area contributed by atoms with Crippen LogP contribution in [0.15, 0.2) is 18.2 Å². The maximum Gasteiger partial charge on any atom is 0.270 e. The summed E-state index contributed by atoms with van der Waals surface area (Å²) in [7, 11) is 0. The topological polar surface area (TPSA) is 75.0 Å². The molecule has 0 bridgehead atoms. The van der Waals surface area contributed by atoms with Gasteiger partial charge in [0.15, 0.2) is 5.13 Å². The first-order valence-corrected chi connectivity index (χ1v) is 8.46. The van der Waals surface area contributed by atoms with Gasteiger partial charge in [-0.15, -0.1) is 11.3 Å². The molecule has 2 aromatic heterocycles. The number of amides is 1. The first kappa shape index (κ1) is 14.3. The molecule has 1 aliphatic heterocycles. The number of aromatic nitrogens is 2. The predicted octanol–water partition coefficient (Wildman–Crippen LogP) is 3.02. The van der Waals surface area contributed by atoms with Crippen molar-refractivity contribution in [1.82, 2.24) is 14.9 Å². The van der Waals surface area contributed by atoms with E-state index in [1.165, 1.54) is 22.5 Å². The van der Waals surface area contributed by atoms with Crippen LogP contribution in [-0.4, -0.2) is 27.3 Å². The monoisotopic (exact) mass is 326 g/mol. The first-order valence-electron chi connectivity index (χ1n) is 7.64. The minimum atomic E-state index is 0.0378. The maximum atomic E-state index is 12.8. The van der Waals surface area contributed by atoms with Crippen molar-refractivity contribution in [3.8, 4) is 0 Å². The molecule has 23 heavy (non-hydrogen) atoms. The fourth-order valence-electron chi connectivity index (χ4n) is 3.27. The third kappa shape index (κ3) is 2.39. The fraction of sp³-hybridized carbons (Fsp3) is 0.294. The van der Waals surface area contributed by atoms with E-state index < -0.39 is 0 Å². The molecule has 0 aliphatic carbocycles. The van der Waals surface area contributed by atoms with E-state index in [-0.39, 0.29) is 5.91 Å². The Bertz CT molecular complexity index is 924. The number of nitrogens with two attached hydrogens (primary N) is 1. The van der Waals surface area contributed by atoms with E-state index in [0.29, 0.717) is 23.9 Å². The Morgan fingerprint density at radius 3 is 3.00 bits per heavy atom. The lowest BCUT2D eigenvalue weighted by atomic mass is 10.1. The third-order valence-electron chi connectivity index (χ3n) is 4.35. The number of carbonyl (C=O) groups is 1. The molecule has 1 aliphatic rings. The highest BCUT2D eigenvalue weighted by Gasteiger charge is 2.25. The van der Waals surface area contributed by atoms with Crippen molar-refractivity contribution in [3.63, 3.8) is 0 Å². The Balaban J connectivity index is 1.66. The van der Waals surface area contributed by atoms with Crippen LogP contribution >= 0.6 is 11.3 Å². The molecule has 0 saturated heterocycles. The standard InChI is InChI=1S/C17H18N4OS/c1-9-5-10(2)11-7-14(19-13(11)6-9)16(22)21-4-3-12-15(8-21)23-17(18)20-12/h5-7,19H,3-4,8H2,1-2H3,(H2,18,20). The average molecular weight is 326 g/mol. The van der Waals surface area contributed by atoms with Crippen LogP contribution in [0.5, 0.6) is 0 Å². The van der Waals surface area contributed by atoms with Crippen LogP contribution in [0.3, 0.4) is 0 Å². The average Bonchev–Trinajstić information content (AvgIpc) is 3.07. The van der Waals surface area contributed by atoms with E-state index in [4.69, 9.17) is 5.73 Å². The molecule has 6 heteroatoms. The van der Waals surface area contributed by atoms with Gasteiger partial charge in [-0.3, -0.25) is 4.79 Å². The van der Waals surface area contributed by atoms with E-state index in [0.717, 1.165) is 27.9 Å². The van der Waals surface area contributed by atoms with Crippen LogP contribution < -0.4 is 5.73 Å². The fourth-order valence-corrected chi connectivity index (χ4v) is 4.17. The van der Waals surface area contributed by atoms with Crippen LogP contribution in [0.2, 0.25) is 0 Å². The molecule has 3 N–H and O–H groups in total. The second kappa shape index (κ2) is 5.09. The molecule has 0 radical (unpaired) electrons. The van der Waals surface area contributed by atoms with Crippen LogP contribution in [0.4, 0.5) is 5.13 Å². The van der Waals surface area contributed by atoms with Gasteiger partial charge in [0.05, 0.1) is 12.2 Å². The molecule has 3 heterocycles. The van der Waals surface area contributed by atoms with Gasteiger partial charge in [-0.25, -0.2) is 4.98 Å². The van der Waals surface area contributed by atoms with Crippen LogP contribution in [0.25, 0.3) is 10.9 Å². The zero-order valence-electron chi connectivity index (χ0n) is 13.1. The van der Waals surface area contributed by atoms with Crippen LogP contribution in [0, 0.1) is 13.8 Å². The molecule has 5 nitrogen and oxygen atoms in total. The van der Waals surface area contributed by atoms with Crippen molar-refractivity contribution in [2.75, 3.05) is 12.3 Å². The lowest BCUT2D eigenvalue weighted by Gasteiger charge is -2.25. The van der Waals surface area contributed by atoms with Crippen LogP contribution in [0.1, 0.15) is 32.2 Å². The molecule has 0 atom stereocenters. The van der Waals surface area contributed by atoms with Gasteiger partial charge in [-0.1, -0.05) is 6.07 Å². The molecule has 0 unspecified atom stereocenters. The summed E-state index contributed by atoms with van der Waals surface area (Å²) in [5, 5.41) is 1.69. The van der Waals surface area contributed by atoms with E-state index in [9.17, 15) is 4.79 Å². The lowest BCUT2D eigenvalue weighted by molar-refractivity contribution is 0.0731. The van der Waals surface area contributed by atoms with Gasteiger partial charge >= 0.3 is 0 Å². The Labute approximate surface area is 138 Å². The number of rotatable bonds is 1. The highest BCUT2D eigenvalue weighted by molar-refractivity contribution is 7.15. The summed E-state index contributed by atoms with van der Waals surface area (Å²) in [6.45, 7) is 5.42. The molecule has 4 rings (SSSR count). The number of thiazole rings is 1. The zero-order valence-corrected chi connectivity index (χ0v) is 14.0. The van der Waals surface area contributed by atoms with Gasteiger partial charge in [-0.2, -0.15) is 0 Å². The molecule has 0 saturated carbocycles. The number of H-pyrrole nitrogens is 1. The summed E-state index contributed by atoms with van der Waals surface area (Å²) in [6.07, 6.45) is 0.771. The zero-order chi connectivity index (χ0) is 16.1. The largest absolute Gasteiger partial charge is 0.375 e. The summed E-state index contributed by atoms with van der Waals surface area (Å²) < 4.78 is 0. The highest BCUT2D eigenvalue weighted by atomic mass is 32.1. The Morgan fingerprint density at radius 2 is 2.17 bits per heavy atom. The number of nitrogen functional groups attached to an aromatic ring is 1. The Hall–Kier alpha value is -2.34. The number of nitrogens with zero attached hydrogens (tertiary/aromatic N) is 2. The lowest BCUT2D eigenvalue weighted by Crippen LogP contribution is -2.35. The normalized spacial score (nSPS) is 14.3. The van der Waals surface area contributed by atoms with Gasteiger partial charge < -0.3 is 15.6 Å². The van der Waals surface area contributed by atoms with E-state index in [2.05, 4.69) is 35.9 Å². The van der Waals surface area contributed by atoms with Gasteiger partial charge in [0, 0.05) is 28.7 Å². The van der Waals surface area contributed by atoms with Crippen molar-refractivity contribution in [2.24, 2.45) is 0 Å². The molecule has 3 aromatic rings. The number of aromatic amines is 1. The van der Waals surface area contributed by atoms with Crippen molar-refractivity contribution >= 4 is 33.3 Å². The molecule has 118 valence electrons. The molecular formula is C17H18N4OS. The minimum absolute atomic E-state index is 0.0378. The third-order valence-corrected chi connectivity index (χ3v) is 5.27. The summed E-state index contributed by atoms with van der Waals surface area (Å²) in [5.74, 6) is 0.0378. The van der Waals surface area contributed by atoms with Crippen molar-refractivity contribution in [1.29, 1.82) is 0 Å². The smallest absolute Gasteiger partial charge is 0.270 e. The van der Waals surface area contributed by atoms with E-state index >= 15 is 0 Å². The highest BCUT2D eigenvalue weighted by Crippen LogP contribution is 2.28. The minimum Gasteiger partial charge on any atom is -0.375 e. The molecule has 1 amide bonds. The number of anilines is 1. The van der Waals surface area contributed by atoms with Crippen molar-refractivity contribution in [2.45, 2.75) is 26.8 Å². The van der Waals surface area contributed by atoms with E-state index in [1.807, 2.05) is 11.0 Å². The summed E-state index contributed by atoms with van der Waals surface area (Å²) in [5.41, 5.74) is 10.9. The number of fused-ring (bicyclic) bond motifs is 2. The van der Waals surface area contributed by atoms with Gasteiger partial charge in [-0.05, 0) is 37.1 Å². The Morgan fingerprint density at radius 1 is 1.35 bits per heavy atom. The number of nitrogens with one attached hydrogen (secondary N) is 1. The molecule has 1 aromatic carbocycles. The summed E-state index contributed by atoms with van der Waals surface area (Å²) >= 11 is 1.48. The number of carbonyl (C=O) groups excluding carboxylic acids is 1. The van der Waals surface area contributed by atoms with Crippen LogP contribution in [-0.2, 0) is 13.0 Å². The van der Waals surface area contributed by atoms with E-state index in [1.54, 1.807) is 0 Å².